The van der Waals surface area contributed by atoms with E-state index in [4.69, 9.17) is 10.5 Å². The number of ether oxygens (including phenoxy) is 1. The number of nitrogens with two attached hydrogens (primary N) is 1. The van der Waals surface area contributed by atoms with Crippen LogP contribution in [-0.2, 0) is 20.9 Å². The fourth-order valence-electron chi connectivity index (χ4n) is 2.62. The molecule has 0 aliphatic carbocycles. The lowest BCUT2D eigenvalue weighted by atomic mass is 10.0. The summed E-state index contributed by atoms with van der Waals surface area (Å²) in [6, 6.07) is 5.08. The van der Waals surface area contributed by atoms with Crippen LogP contribution in [0.2, 0.25) is 0 Å². The molecule has 0 spiro atoms. The molecule has 1 aromatic carbocycles. The van der Waals surface area contributed by atoms with Crippen molar-refractivity contribution in [3.8, 4) is 0 Å². The van der Waals surface area contributed by atoms with E-state index in [0.29, 0.717) is 16.9 Å². The average molecular weight is 361 g/mol. The van der Waals surface area contributed by atoms with Gasteiger partial charge in [0.2, 0.25) is 5.91 Å². The van der Waals surface area contributed by atoms with Crippen LogP contribution in [-0.4, -0.2) is 38.9 Å². The number of nitrogens with zero attached hydrogens (tertiary/aromatic N) is 2. The second-order valence-electron chi connectivity index (χ2n) is 5.51. The zero-order valence-corrected chi connectivity index (χ0v) is 13.9. The third-order valence-corrected chi connectivity index (χ3v) is 5.32. The summed E-state index contributed by atoms with van der Waals surface area (Å²) in [5, 5.41) is 10.4. The summed E-state index contributed by atoms with van der Waals surface area (Å²) >= 11 is 1.48. The van der Waals surface area contributed by atoms with Crippen LogP contribution in [0.5, 0.6) is 0 Å². The molecule has 8 nitrogen and oxygen atoms in total. The van der Waals surface area contributed by atoms with Crippen molar-refractivity contribution in [1.82, 2.24) is 4.90 Å². The van der Waals surface area contributed by atoms with Gasteiger partial charge in [-0.3, -0.25) is 19.8 Å². The van der Waals surface area contributed by atoms with Crippen LogP contribution < -0.4 is 5.73 Å². The molecule has 1 fully saturated rings. The smallest absolute Gasteiger partial charge is 0.355 e. The van der Waals surface area contributed by atoms with Crippen molar-refractivity contribution >= 4 is 29.3 Å². The molecule has 1 amide bonds. The third kappa shape index (κ3) is 3.03. The van der Waals surface area contributed by atoms with Gasteiger partial charge in [0.25, 0.3) is 5.69 Å². The zero-order valence-electron chi connectivity index (χ0n) is 13.1. The highest BCUT2D eigenvalue weighted by Crippen LogP contribution is 2.40. The summed E-state index contributed by atoms with van der Waals surface area (Å²) in [5.41, 5.74) is 7.12. The van der Waals surface area contributed by atoms with E-state index in [1.165, 1.54) is 47.0 Å². The first-order valence-corrected chi connectivity index (χ1v) is 8.45. The molecule has 1 saturated heterocycles. The SMILES string of the molecule is C=CC1=C(C(=O)OCc2ccc([N+](=O)[O-])cc2)N2C(=O)C(N)[C@H]2SC1. The lowest BCUT2D eigenvalue weighted by Gasteiger charge is -2.48. The molecule has 2 atom stereocenters. The number of amides is 1. The zero-order chi connectivity index (χ0) is 18.1. The van der Waals surface area contributed by atoms with Gasteiger partial charge in [0.05, 0.1) is 4.92 Å². The molecule has 0 bridgehead atoms. The molecule has 0 aromatic heterocycles. The maximum Gasteiger partial charge on any atom is 0.355 e. The summed E-state index contributed by atoms with van der Waals surface area (Å²) in [7, 11) is 0. The van der Waals surface area contributed by atoms with Gasteiger partial charge in [-0.05, 0) is 23.3 Å². The van der Waals surface area contributed by atoms with Crippen molar-refractivity contribution in [1.29, 1.82) is 0 Å². The van der Waals surface area contributed by atoms with E-state index in [1.807, 2.05) is 0 Å². The number of hydrogen-bond donors (Lipinski definition) is 1. The molecule has 1 aromatic rings. The largest absolute Gasteiger partial charge is 0.456 e. The van der Waals surface area contributed by atoms with E-state index in [-0.39, 0.29) is 29.3 Å². The Morgan fingerprint density at radius 2 is 2.16 bits per heavy atom. The van der Waals surface area contributed by atoms with Gasteiger partial charge >= 0.3 is 5.97 Å². The maximum atomic E-state index is 12.5. The molecule has 3 rings (SSSR count). The Hall–Kier alpha value is -2.65. The Morgan fingerprint density at radius 3 is 2.76 bits per heavy atom. The van der Waals surface area contributed by atoms with E-state index < -0.39 is 16.9 Å². The first-order chi connectivity index (χ1) is 11.9. The maximum absolute atomic E-state index is 12.5. The van der Waals surface area contributed by atoms with Gasteiger partial charge in [-0.15, -0.1) is 11.8 Å². The number of esters is 1. The molecule has 0 radical (unpaired) electrons. The van der Waals surface area contributed by atoms with Crippen LogP contribution in [0.4, 0.5) is 5.69 Å². The van der Waals surface area contributed by atoms with E-state index >= 15 is 0 Å². The normalized spacial score (nSPS) is 22.1. The van der Waals surface area contributed by atoms with Crippen molar-refractivity contribution in [2.75, 3.05) is 5.75 Å². The number of β-lactam (4-membered cyclic amide) rings is 1. The summed E-state index contributed by atoms with van der Waals surface area (Å²) < 4.78 is 5.28. The highest BCUT2D eigenvalue weighted by Gasteiger charge is 2.51. The molecule has 2 aliphatic heterocycles. The van der Waals surface area contributed by atoms with Gasteiger partial charge in [-0.2, -0.15) is 0 Å². The summed E-state index contributed by atoms with van der Waals surface area (Å²) in [5.74, 6) is -0.439. The average Bonchev–Trinajstić information content (AvgIpc) is 2.64. The highest BCUT2D eigenvalue weighted by molar-refractivity contribution is 8.00. The Morgan fingerprint density at radius 1 is 1.48 bits per heavy atom. The molecule has 0 saturated carbocycles. The number of nitro groups is 1. The van der Waals surface area contributed by atoms with Crippen LogP contribution >= 0.6 is 11.8 Å². The van der Waals surface area contributed by atoms with Crippen LogP contribution in [0, 0.1) is 10.1 Å². The molecule has 25 heavy (non-hydrogen) atoms. The first-order valence-electron chi connectivity index (χ1n) is 7.40. The molecule has 2 N–H and O–H groups in total. The molecule has 1 unspecified atom stereocenters. The Balaban J connectivity index is 1.73. The molecular formula is C16H15N3O5S. The minimum atomic E-state index is -0.640. The molecule has 9 heteroatoms. The number of allylic oxidation sites excluding steroid dienone is 1. The predicted octanol–water partition coefficient (Wildman–Crippen LogP) is 1.32. The van der Waals surface area contributed by atoms with Gasteiger partial charge in [-0.25, -0.2) is 4.79 Å². The quantitative estimate of drug-likeness (QED) is 0.364. The summed E-state index contributed by atoms with van der Waals surface area (Å²) in [6.07, 6.45) is 1.53. The van der Waals surface area contributed by atoms with Gasteiger partial charge in [0.1, 0.15) is 23.7 Å². The van der Waals surface area contributed by atoms with Gasteiger partial charge in [-0.1, -0.05) is 12.7 Å². The van der Waals surface area contributed by atoms with Crippen molar-refractivity contribution in [2.24, 2.45) is 5.73 Å². The number of benzene rings is 1. The number of fused-ring (bicyclic) bond motifs is 1. The molecule has 2 aliphatic rings. The van der Waals surface area contributed by atoms with Crippen LogP contribution in [0.1, 0.15) is 5.56 Å². The number of non-ortho nitro benzene ring substituents is 1. The monoisotopic (exact) mass is 361 g/mol. The fraction of sp³-hybridized carbons (Fsp3) is 0.250. The fourth-order valence-corrected chi connectivity index (χ4v) is 3.90. The Labute approximate surface area is 147 Å². The minimum absolute atomic E-state index is 0.0426. The predicted molar refractivity (Wildman–Crippen MR) is 91.2 cm³/mol. The number of rotatable bonds is 5. The second-order valence-corrected chi connectivity index (χ2v) is 6.62. The lowest BCUT2D eigenvalue weighted by molar-refractivity contribution is -0.384. The number of carbonyl (C=O) groups excluding carboxylic acids is 2. The van der Waals surface area contributed by atoms with Crippen molar-refractivity contribution in [3.05, 3.63) is 63.9 Å². The van der Waals surface area contributed by atoms with Gasteiger partial charge in [0.15, 0.2) is 0 Å². The number of hydrogen-bond acceptors (Lipinski definition) is 7. The van der Waals surface area contributed by atoms with E-state index in [2.05, 4.69) is 6.58 Å². The molecule has 130 valence electrons. The third-order valence-electron chi connectivity index (χ3n) is 4.00. The van der Waals surface area contributed by atoms with Crippen LogP contribution in [0.3, 0.4) is 0 Å². The summed E-state index contributed by atoms with van der Waals surface area (Å²) in [6.45, 7) is 3.62. The minimum Gasteiger partial charge on any atom is -0.456 e. The first kappa shape index (κ1) is 17.2. The topological polar surface area (TPSA) is 116 Å². The number of nitro benzene ring substituents is 1. The van der Waals surface area contributed by atoms with Crippen LogP contribution in [0.25, 0.3) is 0 Å². The second kappa shape index (κ2) is 6.69. The number of carbonyl (C=O) groups is 2. The van der Waals surface area contributed by atoms with E-state index in [0.717, 1.165) is 0 Å². The van der Waals surface area contributed by atoms with Crippen LogP contribution in [0.15, 0.2) is 48.2 Å². The van der Waals surface area contributed by atoms with E-state index in [9.17, 15) is 19.7 Å². The molecule has 2 heterocycles. The Kier molecular flexibility index (Phi) is 4.60. The van der Waals surface area contributed by atoms with Crippen molar-refractivity contribution in [3.63, 3.8) is 0 Å². The molecular weight excluding hydrogens is 346 g/mol. The van der Waals surface area contributed by atoms with Gasteiger partial charge < -0.3 is 10.5 Å². The van der Waals surface area contributed by atoms with Crippen molar-refractivity contribution in [2.45, 2.75) is 18.0 Å². The standard InChI is InChI=1S/C16H15N3O5S/c1-2-10-8-25-15-12(17)14(20)18(15)13(10)16(21)24-7-9-3-5-11(6-4-9)19(22)23/h2-6,12,15H,1,7-8,17H2/t12?,15-/m1/s1. The Bertz CT molecular complexity index is 789. The summed E-state index contributed by atoms with van der Waals surface area (Å²) in [4.78, 5) is 36.0. The number of thioether (sulfide) groups is 1. The van der Waals surface area contributed by atoms with Crippen molar-refractivity contribution < 1.29 is 19.2 Å². The van der Waals surface area contributed by atoms with E-state index in [1.54, 1.807) is 0 Å². The highest BCUT2D eigenvalue weighted by atomic mass is 32.2. The van der Waals surface area contributed by atoms with Gasteiger partial charge in [0, 0.05) is 17.9 Å². The lowest BCUT2D eigenvalue weighted by Crippen LogP contribution is -2.68.